The van der Waals surface area contributed by atoms with E-state index in [-0.39, 0.29) is 24.1 Å². The molecule has 0 saturated carbocycles. The van der Waals surface area contributed by atoms with Crippen LogP contribution in [0.3, 0.4) is 0 Å². The van der Waals surface area contributed by atoms with E-state index in [1.54, 1.807) is 0 Å². The van der Waals surface area contributed by atoms with Gasteiger partial charge in [-0.2, -0.15) is 5.26 Å². The van der Waals surface area contributed by atoms with Crippen LogP contribution in [-0.2, 0) is 16.0 Å². The zero-order valence-corrected chi connectivity index (χ0v) is 11.7. The van der Waals surface area contributed by atoms with Crippen molar-refractivity contribution >= 4 is 17.7 Å². The van der Waals surface area contributed by atoms with Gasteiger partial charge in [0.05, 0.1) is 18.3 Å². The minimum atomic E-state index is -0.781. The molecule has 2 heterocycles. The Morgan fingerprint density at radius 3 is 2.71 bits per heavy atom. The van der Waals surface area contributed by atoms with Crippen molar-refractivity contribution in [2.24, 2.45) is 0 Å². The van der Waals surface area contributed by atoms with E-state index < -0.39 is 12.1 Å². The van der Waals surface area contributed by atoms with Crippen molar-refractivity contribution in [2.45, 2.75) is 32.4 Å². The van der Waals surface area contributed by atoms with Gasteiger partial charge in [0.2, 0.25) is 17.7 Å². The van der Waals surface area contributed by atoms with E-state index in [0.717, 1.165) is 0 Å². The Kier molecular flexibility index (Phi) is 4.03. The average molecular weight is 289 g/mol. The summed E-state index contributed by atoms with van der Waals surface area (Å²) in [4.78, 5) is 40.1. The fourth-order valence-corrected chi connectivity index (χ4v) is 1.99. The first-order chi connectivity index (χ1) is 9.92. The summed E-state index contributed by atoms with van der Waals surface area (Å²) >= 11 is 0. The molecule has 110 valence electrons. The molecule has 1 aliphatic heterocycles. The van der Waals surface area contributed by atoms with Gasteiger partial charge in [0.1, 0.15) is 18.4 Å². The number of carbonyl (C=O) groups is 3. The van der Waals surface area contributed by atoms with Crippen LogP contribution in [0.5, 0.6) is 0 Å². The van der Waals surface area contributed by atoms with Crippen LogP contribution in [-0.4, -0.2) is 50.8 Å². The van der Waals surface area contributed by atoms with Gasteiger partial charge in [-0.3, -0.25) is 19.0 Å². The molecule has 1 fully saturated rings. The van der Waals surface area contributed by atoms with Crippen molar-refractivity contribution < 1.29 is 14.4 Å². The summed E-state index contributed by atoms with van der Waals surface area (Å²) in [5.41, 5.74) is 0.521. The molecule has 8 heteroatoms. The number of imidazole rings is 1. The van der Waals surface area contributed by atoms with Gasteiger partial charge in [-0.25, -0.2) is 4.98 Å². The number of nitrogens with one attached hydrogen (secondary N) is 1. The van der Waals surface area contributed by atoms with Crippen LogP contribution in [0, 0.1) is 11.3 Å². The highest BCUT2D eigenvalue weighted by Gasteiger charge is 2.42. The summed E-state index contributed by atoms with van der Waals surface area (Å²) in [6.07, 6.45) is 3.06. The third kappa shape index (κ3) is 3.45. The second kappa shape index (κ2) is 5.75. The maximum Gasteiger partial charge on any atom is 0.246 e. The smallest absolute Gasteiger partial charge is 0.246 e. The monoisotopic (exact) mass is 289 g/mol. The number of hydrogen-bond donors (Lipinski definition) is 1. The Morgan fingerprint density at radius 1 is 1.52 bits per heavy atom. The van der Waals surface area contributed by atoms with Crippen molar-refractivity contribution in [1.29, 1.82) is 5.26 Å². The first kappa shape index (κ1) is 14.7. The summed E-state index contributed by atoms with van der Waals surface area (Å²) in [6, 6.07) is 0.794. The Hall–Kier alpha value is -2.69. The average Bonchev–Trinajstić information content (AvgIpc) is 3.06. The Balaban J connectivity index is 2.09. The van der Waals surface area contributed by atoms with Crippen molar-refractivity contribution in [3.05, 3.63) is 18.2 Å². The van der Waals surface area contributed by atoms with Crippen LogP contribution < -0.4 is 5.32 Å². The molecule has 1 aliphatic rings. The summed E-state index contributed by atoms with van der Waals surface area (Å²) in [5, 5.41) is 11.3. The number of nitriles is 1. The van der Waals surface area contributed by atoms with Gasteiger partial charge >= 0.3 is 0 Å². The normalized spacial score (nSPS) is 17.8. The zero-order chi connectivity index (χ0) is 15.6. The molecule has 1 N–H and O–H groups in total. The van der Waals surface area contributed by atoms with Gasteiger partial charge in [-0.15, -0.1) is 0 Å². The number of rotatable bonds is 4. The van der Waals surface area contributed by atoms with E-state index in [0.29, 0.717) is 12.2 Å². The lowest BCUT2D eigenvalue weighted by atomic mass is 10.1. The molecule has 0 aliphatic carbocycles. The van der Waals surface area contributed by atoms with E-state index in [1.165, 1.54) is 35.8 Å². The highest BCUT2D eigenvalue weighted by Crippen LogP contribution is 2.18. The van der Waals surface area contributed by atoms with Crippen LogP contribution in [0.15, 0.2) is 12.5 Å². The van der Waals surface area contributed by atoms with Gasteiger partial charge in [-0.05, 0) is 0 Å². The van der Waals surface area contributed by atoms with E-state index in [1.807, 2.05) is 6.07 Å². The fraction of sp³-hybridized carbons (Fsp3) is 0.462. The summed E-state index contributed by atoms with van der Waals surface area (Å²) in [7, 11) is 0. The Labute approximate surface area is 121 Å². The Morgan fingerprint density at radius 2 is 2.24 bits per heavy atom. The van der Waals surface area contributed by atoms with Crippen LogP contribution in [0.25, 0.3) is 0 Å². The molecule has 8 nitrogen and oxygen atoms in total. The van der Waals surface area contributed by atoms with Gasteiger partial charge in [0, 0.05) is 26.5 Å². The molecule has 1 aromatic heterocycles. The number of hydrogen-bond acceptors (Lipinski definition) is 5. The molecule has 2 amide bonds. The predicted octanol–water partition coefficient (Wildman–Crippen LogP) is -0.675. The summed E-state index contributed by atoms with van der Waals surface area (Å²) < 4.78 is 1.31. The van der Waals surface area contributed by atoms with Crippen LogP contribution in [0.1, 0.15) is 24.3 Å². The second-order valence-corrected chi connectivity index (χ2v) is 4.88. The highest BCUT2D eigenvalue weighted by molar-refractivity contribution is 5.89. The lowest BCUT2D eigenvalue weighted by Gasteiger charge is -2.16. The van der Waals surface area contributed by atoms with Crippen LogP contribution in [0.2, 0.25) is 0 Å². The molecule has 1 unspecified atom stereocenters. The number of carbonyl (C=O) groups excluding carboxylic acids is 3. The van der Waals surface area contributed by atoms with Crippen molar-refractivity contribution in [2.75, 3.05) is 6.54 Å². The van der Waals surface area contributed by atoms with E-state index in [2.05, 4.69) is 10.3 Å². The van der Waals surface area contributed by atoms with Crippen LogP contribution in [0.4, 0.5) is 0 Å². The standard InChI is InChI=1S/C13H15N5O3/c1-8(19)16-12(13(21)18-6-11(18)4-14)3-10-5-17(7-15-10)9(2)20/h5,7,11-12H,3,6H2,1-2H3,(H,16,19)/t11?,12-,18?/m0/s1. The van der Waals surface area contributed by atoms with Gasteiger partial charge in [0.15, 0.2) is 0 Å². The number of aromatic nitrogens is 2. The van der Waals surface area contributed by atoms with E-state index >= 15 is 0 Å². The molecule has 2 rings (SSSR count). The largest absolute Gasteiger partial charge is 0.344 e. The summed E-state index contributed by atoms with van der Waals surface area (Å²) in [6.45, 7) is 3.10. The first-order valence-electron chi connectivity index (χ1n) is 6.43. The molecular formula is C13H15N5O3. The lowest BCUT2D eigenvalue weighted by molar-refractivity contribution is -0.131. The van der Waals surface area contributed by atoms with Crippen molar-refractivity contribution in [3.63, 3.8) is 0 Å². The molecule has 2 atom stereocenters. The minimum absolute atomic E-state index is 0.174. The molecular weight excluding hydrogens is 274 g/mol. The molecule has 21 heavy (non-hydrogen) atoms. The van der Waals surface area contributed by atoms with Crippen molar-refractivity contribution in [1.82, 2.24) is 19.8 Å². The Bertz CT molecular complexity index is 630. The quantitative estimate of drug-likeness (QED) is 0.739. The van der Waals surface area contributed by atoms with E-state index in [4.69, 9.17) is 5.26 Å². The third-order valence-corrected chi connectivity index (χ3v) is 3.13. The maximum atomic E-state index is 12.2. The summed E-state index contributed by atoms with van der Waals surface area (Å²) in [5.74, 6) is -0.838. The second-order valence-electron chi connectivity index (χ2n) is 4.88. The maximum absolute atomic E-state index is 12.2. The molecule has 0 radical (unpaired) electrons. The minimum Gasteiger partial charge on any atom is -0.344 e. The van der Waals surface area contributed by atoms with Gasteiger partial charge < -0.3 is 10.2 Å². The lowest BCUT2D eigenvalue weighted by Crippen LogP contribution is -2.44. The molecule has 1 aromatic rings. The van der Waals surface area contributed by atoms with Gasteiger partial charge in [0.25, 0.3) is 0 Å². The molecule has 0 spiro atoms. The number of amides is 2. The van der Waals surface area contributed by atoms with Crippen LogP contribution >= 0.6 is 0 Å². The van der Waals surface area contributed by atoms with Crippen molar-refractivity contribution in [3.8, 4) is 6.07 Å². The third-order valence-electron chi connectivity index (χ3n) is 3.13. The molecule has 0 aromatic carbocycles. The first-order valence-corrected chi connectivity index (χ1v) is 6.43. The van der Waals surface area contributed by atoms with Gasteiger partial charge in [-0.1, -0.05) is 0 Å². The molecule has 1 saturated heterocycles. The highest BCUT2D eigenvalue weighted by atomic mass is 16.2. The topological polar surface area (TPSA) is 108 Å². The number of nitrogens with zero attached hydrogens (tertiary/aromatic N) is 4. The molecule has 0 bridgehead atoms. The predicted molar refractivity (Wildman–Crippen MR) is 71.0 cm³/mol. The SMILES string of the molecule is CC(=O)N[C@@H](Cc1cn(C(C)=O)cn1)C(=O)N1CC1C#N. The fourth-order valence-electron chi connectivity index (χ4n) is 1.99. The van der Waals surface area contributed by atoms with E-state index in [9.17, 15) is 14.4 Å². The zero-order valence-electron chi connectivity index (χ0n) is 11.7.